The zero-order valence-corrected chi connectivity index (χ0v) is 21.8. The van der Waals surface area contributed by atoms with E-state index in [4.69, 9.17) is 11.6 Å². The summed E-state index contributed by atoms with van der Waals surface area (Å²) in [6.07, 6.45) is 1.90. The van der Waals surface area contributed by atoms with Gasteiger partial charge in [0.2, 0.25) is 5.91 Å². The van der Waals surface area contributed by atoms with Crippen molar-refractivity contribution >= 4 is 44.8 Å². The number of carbonyl (C=O) groups is 2. The molecule has 0 aromatic heterocycles. The Morgan fingerprint density at radius 2 is 1.61 bits per heavy atom. The Morgan fingerprint density at radius 3 is 2.28 bits per heavy atom. The number of aryl methyl sites for hydroxylation is 2. The number of hydrogen-bond acceptors (Lipinski definition) is 4. The summed E-state index contributed by atoms with van der Waals surface area (Å²) in [5.41, 5.74) is 2.99. The van der Waals surface area contributed by atoms with E-state index in [1.54, 1.807) is 41.3 Å². The highest BCUT2D eigenvalue weighted by Crippen LogP contribution is 2.27. The maximum absolute atomic E-state index is 13.6. The Morgan fingerprint density at radius 1 is 0.944 bits per heavy atom. The second-order valence-electron chi connectivity index (χ2n) is 8.83. The van der Waals surface area contributed by atoms with Gasteiger partial charge in [-0.25, -0.2) is 8.42 Å². The number of nitrogens with zero attached hydrogens (tertiary/aromatic N) is 2. The molecule has 0 aliphatic carbocycles. The summed E-state index contributed by atoms with van der Waals surface area (Å²) >= 11 is 5.96. The number of carbonyl (C=O) groups excluding carboxylic acids is 2. The Kier molecular flexibility index (Phi) is 7.66. The van der Waals surface area contributed by atoms with Crippen molar-refractivity contribution in [3.63, 3.8) is 0 Å². The first-order valence-corrected chi connectivity index (χ1v) is 13.5. The lowest BCUT2D eigenvalue weighted by Gasteiger charge is -2.25. The molecule has 0 atom stereocenters. The van der Waals surface area contributed by atoms with E-state index < -0.39 is 22.5 Å². The molecular weight excluding hydrogens is 498 g/mol. The molecule has 0 bridgehead atoms. The molecule has 36 heavy (non-hydrogen) atoms. The van der Waals surface area contributed by atoms with E-state index in [1.165, 1.54) is 24.3 Å². The maximum atomic E-state index is 13.6. The third-order valence-electron chi connectivity index (χ3n) is 6.29. The van der Waals surface area contributed by atoms with Crippen LogP contribution in [0.25, 0.3) is 0 Å². The van der Waals surface area contributed by atoms with Crippen LogP contribution in [0, 0.1) is 13.8 Å². The van der Waals surface area contributed by atoms with Crippen molar-refractivity contribution in [2.24, 2.45) is 0 Å². The lowest BCUT2D eigenvalue weighted by molar-refractivity contribution is -0.114. The van der Waals surface area contributed by atoms with Gasteiger partial charge in [0, 0.05) is 18.1 Å². The molecule has 2 amide bonds. The molecule has 3 aromatic rings. The van der Waals surface area contributed by atoms with Crippen LogP contribution < -0.4 is 9.62 Å². The predicted octanol–water partition coefficient (Wildman–Crippen LogP) is 5.03. The third kappa shape index (κ3) is 5.55. The quantitative estimate of drug-likeness (QED) is 0.469. The number of sulfonamides is 1. The van der Waals surface area contributed by atoms with Gasteiger partial charge in [-0.2, -0.15) is 0 Å². The summed E-state index contributed by atoms with van der Waals surface area (Å²) in [7, 11) is -4.09. The van der Waals surface area contributed by atoms with Crippen LogP contribution in [0.3, 0.4) is 0 Å². The molecule has 9 heteroatoms. The molecule has 0 spiro atoms. The number of halogens is 1. The molecule has 1 N–H and O–H groups in total. The van der Waals surface area contributed by atoms with E-state index >= 15 is 0 Å². The van der Waals surface area contributed by atoms with Gasteiger partial charge in [0.15, 0.2) is 0 Å². The highest BCUT2D eigenvalue weighted by atomic mass is 35.5. The van der Waals surface area contributed by atoms with Crippen LogP contribution in [0.4, 0.5) is 11.4 Å². The Hall–Kier alpha value is -3.36. The number of anilines is 2. The molecule has 1 aliphatic heterocycles. The lowest BCUT2D eigenvalue weighted by Crippen LogP contribution is -2.38. The molecule has 1 aliphatic rings. The van der Waals surface area contributed by atoms with Gasteiger partial charge in [0.1, 0.15) is 6.54 Å². The van der Waals surface area contributed by atoms with Crippen LogP contribution in [-0.2, 0) is 14.8 Å². The summed E-state index contributed by atoms with van der Waals surface area (Å²) in [5, 5.41) is 3.17. The van der Waals surface area contributed by atoms with E-state index in [1.807, 2.05) is 19.9 Å². The van der Waals surface area contributed by atoms with Crippen molar-refractivity contribution in [3.05, 3.63) is 88.4 Å². The number of nitrogens with one attached hydrogen (secondary N) is 1. The van der Waals surface area contributed by atoms with Gasteiger partial charge in [-0.3, -0.25) is 13.9 Å². The van der Waals surface area contributed by atoms with E-state index in [9.17, 15) is 18.0 Å². The van der Waals surface area contributed by atoms with Crippen LogP contribution in [0.5, 0.6) is 0 Å². The highest BCUT2D eigenvalue weighted by Gasteiger charge is 2.28. The molecule has 0 radical (unpaired) electrons. The largest absolute Gasteiger partial charge is 0.339 e. The summed E-state index contributed by atoms with van der Waals surface area (Å²) in [6, 6.07) is 17.8. The minimum atomic E-state index is -4.09. The number of amides is 2. The van der Waals surface area contributed by atoms with Gasteiger partial charge in [0.25, 0.3) is 15.9 Å². The van der Waals surface area contributed by atoms with Crippen LogP contribution in [0.1, 0.15) is 34.3 Å². The fourth-order valence-electron chi connectivity index (χ4n) is 4.12. The predicted molar refractivity (Wildman–Crippen MR) is 142 cm³/mol. The molecule has 3 aromatic carbocycles. The van der Waals surface area contributed by atoms with E-state index in [-0.39, 0.29) is 10.8 Å². The topological polar surface area (TPSA) is 86.8 Å². The van der Waals surface area contributed by atoms with E-state index in [2.05, 4.69) is 5.32 Å². The fraction of sp³-hybridized carbons (Fsp3) is 0.259. The minimum Gasteiger partial charge on any atom is -0.339 e. The normalized spacial score (nSPS) is 13.5. The fourth-order valence-corrected chi connectivity index (χ4v) is 5.66. The molecule has 1 fully saturated rings. The number of benzene rings is 3. The van der Waals surface area contributed by atoms with Gasteiger partial charge in [-0.05, 0) is 86.3 Å². The Bertz CT molecular complexity index is 1380. The summed E-state index contributed by atoms with van der Waals surface area (Å²) < 4.78 is 28.3. The molecule has 0 unspecified atom stereocenters. The second kappa shape index (κ2) is 10.7. The average molecular weight is 526 g/mol. The van der Waals surface area contributed by atoms with Crippen molar-refractivity contribution in [1.82, 2.24) is 4.90 Å². The maximum Gasteiger partial charge on any atom is 0.264 e. The molecule has 1 saturated heterocycles. The summed E-state index contributed by atoms with van der Waals surface area (Å²) in [4.78, 5) is 28.0. The lowest BCUT2D eigenvalue weighted by atomic mass is 10.1. The smallest absolute Gasteiger partial charge is 0.264 e. The van der Waals surface area contributed by atoms with Crippen LogP contribution in [0.15, 0.2) is 71.6 Å². The van der Waals surface area contributed by atoms with Gasteiger partial charge < -0.3 is 10.2 Å². The SMILES string of the molecule is Cc1ccc(N(CC(=O)Nc2ccccc2C(=O)N2CCCC2)S(=O)(=O)c2ccc(Cl)cc2)cc1C. The number of rotatable bonds is 7. The molecule has 4 rings (SSSR count). The van der Waals surface area contributed by atoms with Crippen molar-refractivity contribution < 1.29 is 18.0 Å². The van der Waals surface area contributed by atoms with Crippen LogP contribution >= 0.6 is 11.6 Å². The number of para-hydroxylation sites is 1. The first-order valence-electron chi connectivity index (χ1n) is 11.7. The highest BCUT2D eigenvalue weighted by molar-refractivity contribution is 7.92. The first kappa shape index (κ1) is 25.7. The van der Waals surface area contributed by atoms with Crippen molar-refractivity contribution in [2.45, 2.75) is 31.6 Å². The van der Waals surface area contributed by atoms with Gasteiger partial charge in [-0.1, -0.05) is 29.8 Å². The molecule has 0 saturated carbocycles. The van der Waals surface area contributed by atoms with Crippen molar-refractivity contribution in [2.75, 3.05) is 29.3 Å². The summed E-state index contributed by atoms with van der Waals surface area (Å²) in [6.45, 7) is 4.70. The van der Waals surface area contributed by atoms with Gasteiger partial charge in [0.05, 0.1) is 21.8 Å². The second-order valence-corrected chi connectivity index (χ2v) is 11.1. The van der Waals surface area contributed by atoms with Crippen LogP contribution in [-0.4, -0.2) is 44.8 Å². The zero-order chi connectivity index (χ0) is 25.9. The first-order chi connectivity index (χ1) is 17.2. The Labute approximate surface area is 216 Å². The molecule has 1 heterocycles. The zero-order valence-electron chi connectivity index (χ0n) is 20.2. The molecule has 188 valence electrons. The average Bonchev–Trinajstić information content (AvgIpc) is 3.40. The van der Waals surface area contributed by atoms with E-state index in [0.717, 1.165) is 28.3 Å². The molecular formula is C27H28ClN3O4S. The monoisotopic (exact) mass is 525 g/mol. The third-order valence-corrected chi connectivity index (χ3v) is 8.33. The van der Waals surface area contributed by atoms with Crippen LogP contribution in [0.2, 0.25) is 5.02 Å². The number of hydrogen-bond donors (Lipinski definition) is 1. The van der Waals surface area contributed by atoms with Gasteiger partial charge >= 0.3 is 0 Å². The Balaban J connectivity index is 1.64. The van der Waals surface area contributed by atoms with Crippen molar-refractivity contribution in [1.29, 1.82) is 0 Å². The molecule has 7 nitrogen and oxygen atoms in total. The van der Waals surface area contributed by atoms with Gasteiger partial charge in [-0.15, -0.1) is 0 Å². The summed E-state index contributed by atoms with van der Waals surface area (Å²) in [5.74, 6) is -0.712. The van der Waals surface area contributed by atoms with Crippen molar-refractivity contribution in [3.8, 4) is 0 Å². The standard InChI is InChI=1S/C27H28ClN3O4S/c1-19-9-12-22(17-20(19)2)31(36(34,35)23-13-10-21(28)11-14-23)18-26(32)29-25-8-4-3-7-24(25)27(33)30-15-5-6-16-30/h3-4,7-14,17H,5-6,15-16,18H2,1-2H3,(H,29,32). The van der Waals surface area contributed by atoms with E-state index in [0.29, 0.717) is 35.1 Å². The minimum absolute atomic E-state index is 0.0162. The number of likely N-dealkylation sites (tertiary alicyclic amines) is 1.